The number of hydrogen-bond acceptors (Lipinski definition) is 3. The summed E-state index contributed by atoms with van der Waals surface area (Å²) in [6.07, 6.45) is 3.90. The maximum atomic E-state index is 4.76. The molecule has 2 aromatic heterocycles. The number of aromatic nitrogens is 2. The lowest BCUT2D eigenvalue weighted by Gasteiger charge is -2.49. The van der Waals surface area contributed by atoms with Gasteiger partial charge in [-0.15, -0.1) is 0 Å². The van der Waals surface area contributed by atoms with Gasteiger partial charge in [-0.3, -0.25) is 9.97 Å². The molecule has 3 heteroatoms. The Bertz CT molecular complexity index is 1630. The van der Waals surface area contributed by atoms with Gasteiger partial charge in [-0.1, -0.05) is 82.3 Å². The standard InChI is InChI=1S/C36H33N3/c1-22-10-16-30(37-20-22)24-12-14-26-32(18-24)39-33-19-25(31-17-11-23(2)21-38-31)13-15-27(33)36(5,6)29-9-7-8-28(34(29)39)35(26,3)4/h7-21H,1-6H3. The van der Waals surface area contributed by atoms with E-state index in [0.29, 0.717) is 0 Å². The van der Waals surface area contributed by atoms with Crippen molar-refractivity contribution in [1.29, 1.82) is 0 Å². The van der Waals surface area contributed by atoms with Gasteiger partial charge in [0, 0.05) is 34.4 Å². The van der Waals surface area contributed by atoms with Crippen LogP contribution in [-0.2, 0) is 10.8 Å². The molecule has 0 atom stereocenters. The first-order valence-electron chi connectivity index (χ1n) is 13.8. The molecule has 3 aromatic carbocycles. The smallest absolute Gasteiger partial charge is 0.0702 e. The number of anilines is 3. The molecule has 5 aromatic rings. The van der Waals surface area contributed by atoms with Gasteiger partial charge in [-0.05, 0) is 71.5 Å². The molecule has 0 aliphatic carbocycles. The summed E-state index contributed by atoms with van der Waals surface area (Å²) in [5.74, 6) is 0. The van der Waals surface area contributed by atoms with Gasteiger partial charge in [0.2, 0.25) is 0 Å². The Labute approximate surface area is 231 Å². The summed E-state index contributed by atoms with van der Waals surface area (Å²) in [7, 11) is 0. The highest BCUT2D eigenvalue weighted by molar-refractivity contribution is 5.94. The molecule has 2 aliphatic rings. The molecule has 4 heterocycles. The molecule has 0 radical (unpaired) electrons. The molecule has 0 saturated carbocycles. The first-order valence-corrected chi connectivity index (χ1v) is 13.8. The van der Waals surface area contributed by atoms with Crippen molar-refractivity contribution in [2.75, 3.05) is 4.90 Å². The molecule has 0 saturated heterocycles. The topological polar surface area (TPSA) is 29.0 Å². The lowest BCUT2D eigenvalue weighted by Crippen LogP contribution is -2.38. The van der Waals surface area contributed by atoms with Gasteiger partial charge in [-0.2, -0.15) is 0 Å². The minimum atomic E-state index is -0.139. The van der Waals surface area contributed by atoms with Crippen molar-refractivity contribution in [2.24, 2.45) is 0 Å². The fraction of sp³-hybridized carbons (Fsp3) is 0.222. The third kappa shape index (κ3) is 3.42. The average molecular weight is 508 g/mol. The van der Waals surface area contributed by atoms with Crippen molar-refractivity contribution in [3.63, 3.8) is 0 Å². The normalized spacial score (nSPS) is 15.8. The molecule has 0 unspecified atom stereocenters. The Balaban J connectivity index is 1.52. The minimum Gasteiger partial charge on any atom is -0.309 e. The van der Waals surface area contributed by atoms with Crippen LogP contribution < -0.4 is 4.90 Å². The van der Waals surface area contributed by atoms with E-state index in [2.05, 4.69) is 125 Å². The molecule has 0 amide bonds. The van der Waals surface area contributed by atoms with Crippen LogP contribution >= 0.6 is 0 Å². The fourth-order valence-corrected chi connectivity index (χ4v) is 6.54. The van der Waals surface area contributed by atoms with Crippen LogP contribution in [0.4, 0.5) is 17.1 Å². The molecular formula is C36H33N3. The van der Waals surface area contributed by atoms with Crippen LogP contribution in [0.3, 0.4) is 0 Å². The summed E-state index contributed by atoms with van der Waals surface area (Å²) in [5, 5.41) is 0. The number of aryl methyl sites for hydroxylation is 2. The average Bonchev–Trinajstić information content (AvgIpc) is 2.93. The number of hydrogen-bond donors (Lipinski definition) is 0. The molecule has 0 fully saturated rings. The van der Waals surface area contributed by atoms with E-state index >= 15 is 0 Å². The summed E-state index contributed by atoms with van der Waals surface area (Å²) < 4.78 is 0. The van der Waals surface area contributed by atoms with Gasteiger partial charge in [0.15, 0.2) is 0 Å². The lowest BCUT2D eigenvalue weighted by molar-refractivity contribution is 0.597. The zero-order valence-electron chi connectivity index (χ0n) is 23.5. The van der Waals surface area contributed by atoms with Gasteiger partial charge in [-0.25, -0.2) is 0 Å². The van der Waals surface area contributed by atoms with E-state index in [1.807, 2.05) is 12.4 Å². The van der Waals surface area contributed by atoms with Crippen molar-refractivity contribution >= 4 is 17.1 Å². The Morgan fingerprint density at radius 2 is 1.00 bits per heavy atom. The molecule has 0 spiro atoms. The van der Waals surface area contributed by atoms with Crippen molar-refractivity contribution in [3.8, 4) is 22.5 Å². The van der Waals surface area contributed by atoms with Crippen LogP contribution in [0.15, 0.2) is 91.3 Å². The van der Waals surface area contributed by atoms with Crippen LogP contribution in [0.2, 0.25) is 0 Å². The third-order valence-electron chi connectivity index (χ3n) is 8.84. The number of fused-ring (bicyclic) bond motifs is 4. The maximum Gasteiger partial charge on any atom is 0.0702 e. The largest absolute Gasteiger partial charge is 0.309 e. The summed E-state index contributed by atoms with van der Waals surface area (Å²) >= 11 is 0. The first kappa shape index (κ1) is 23.8. The molecule has 39 heavy (non-hydrogen) atoms. The molecule has 0 bridgehead atoms. The summed E-state index contributed by atoms with van der Waals surface area (Å²) in [6.45, 7) is 13.6. The second-order valence-corrected chi connectivity index (χ2v) is 12.2. The molecule has 2 aliphatic heterocycles. The van der Waals surface area contributed by atoms with E-state index in [1.165, 1.54) is 50.4 Å². The highest BCUT2D eigenvalue weighted by Crippen LogP contribution is 2.60. The highest BCUT2D eigenvalue weighted by Gasteiger charge is 2.45. The van der Waals surface area contributed by atoms with E-state index in [-0.39, 0.29) is 10.8 Å². The predicted molar refractivity (Wildman–Crippen MR) is 161 cm³/mol. The Hall–Kier alpha value is -4.24. The summed E-state index contributed by atoms with van der Waals surface area (Å²) in [6, 6.07) is 29.2. The van der Waals surface area contributed by atoms with Crippen molar-refractivity contribution in [1.82, 2.24) is 9.97 Å². The molecule has 0 N–H and O–H groups in total. The molecule has 7 rings (SSSR count). The van der Waals surface area contributed by atoms with Crippen LogP contribution in [0.1, 0.15) is 61.1 Å². The Morgan fingerprint density at radius 1 is 0.538 bits per heavy atom. The Morgan fingerprint density at radius 3 is 1.41 bits per heavy atom. The third-order valence-corrected chi connectivity index (χ3v) is 8.84. The maximum absolute atomic E-state index is 4.76. The SMILES string of the molecule is Cc1ccc(-c2ccc3c(c2)N2c4cc(-c5ccc(C)cn5)ccc4C(C)(C)c4cccc(c42)C3(C)C)nc1. The molecule has 3 nitrogen and oxygen atoms in total. The van der Waals surface area contributed by atoms with Crippen LogP contribution in [-0.4, -0.2) is 9.97 Å². The van der Waals surface area contributed by atoms with Gasteiger partial charge in [0.05, 0.1) is 28.5 Å². The Kier molecular flexibility index (Phi) is 4.97. The van der Waals surface area contributed by atoms with Crippen molar-refractivity contribution in [3.05, 3.63) is 125 Å². The number of para-hydroxylation sites is 1. The van der Waals surface area contributed by atoms with E-state index in [1.54, 1.807) is 0 Å². The zero-order chi connectivity index (χ0) is 27.1. The van der Waals surface area contributed by atoms with Crippen molar-refractivity contribution in [2.45, 2.75) is 52.4 Å². The number of nitrogens with zero attached hydrogens (tertiary/aromatic N) is 3. The van der Waals surface area contributed by atoms with Crippen LogP contribution in [0.25, 0.3) is 22.5 Å². The predicted octanol–water partition coefficient (Wildman–Crippen LogP) is 9.18. The van der Waals surface area contributed by atoms with E-state index in [9.17, 15) is 0 Å². The quantitative estimate of drug-likeness (QED) is 0.238. The van der Waals surface area contributed by atoms with E-state index in [0.717, 1.165) is 22.5 Å². The van der Waals surface area contributed by atoms with Gasteiger partial charge in [0.1, 0.15) is 0 Å². The monoisotopic (exact) mass is 507 g/mol. The van der Waals surface area contributed by atoms with Crippen LogP contribution in [0.5, 0.6) is 0 Å². The summed E-state index contributed by atoms with van der Waals surface area (Å²) in [4.78, 5) is 12.0. The van der Waals surface area contributed by atoms with Gasteiger partial charge in [0.25, 0.3) is 0 Å². The summed E-state index contributed by atoms with van der Waals surface area (Å²) in [5.41, 5.74) is 15.5. The number of rotatable bonds is 2. The first-order chi connectivity index (χ1) is 18.7. The fourth-order valence-electron chi connectivity index (χ4n) is 6.54. The van der Waals surface area contributed by atoms with E-state index < -0.39 is 0 Å². The van der Waals surface area contributed by atoms with E-state index in [4.69, 9.17) is 9.97 Å². The molecular weight excluding hydrogens is 474 g/mol. The second-order valence-electron chi connectivity index (χ2n) is 12.2. The van der Waals surface area contributed by atoms with Crippen molar-refractivity contribution < 1.29 is 0 Å². The molecule has 192 valence electrons. The van der Waals surface area contributed by atoms with Crippen LogP contribution in [0, 0.1) is 13.8 Å². The van der Waals surface area contributed by atoms with Gasteiger partial charge < -0.3 is 4.90 Å². The minimum absolute atomic E-state index is 0.139. The number of benzene rings is 3. The zero-order valence-corrected chi connectivity index (χ0v) is 23.5. The second kappa shape index (κ2) is 8.13. The van der Waals surface area contributed by atoms with Gasteiger partial charge >= 0.3 is 0 Å². The lowest BCUT2D eigenvalue weighted by atomic mass is 9.66. The highest BCUT2D eigenvalue weighted by atomic mass is 15.2. The number of pyridine rings is 2.